The van der Waals surface area contributed by atoms with E-state index < -0.39 is 0 Å². The van der Waals surface area contributed by atoms with Crippen molar-refractivity contribution in [1.29, 1.82) is 0 Å². The fourth-order valence-electron chi connectivity index (χ4n) is 2.74. The van der Waals surface area contributed by atoms with E-state index in [0.717, 1.165) is 16.6 Å². The molecule has 1 aliphatic carbocycles. The molecule has 2 nitrogen and oxygen atoms in total. The molecule has 1 aromatic rings. The Kier molecular flexibility index (Phi) is 2.22. The molecule has 3 aliphatic rings. The van der Waals surface area contributed by atoms with Crippen molar-refractivity contribution in [3.63, 3.8) is 0 Å². The first-order valence-corrected chi connectivity index (χ1v) is 7.20. The predicted molar refractivity (Wildman–Crippen MR) is 80.8 cm³/mol. The van der Waals surface area contributed by atoms with E-state index in [1.54, 1.807) is 11.9 Å². The summed E-state index contributed by atoms with van der Waals surface area (Å²) in [5.74, 6) is 1.97. The van der Waals surface area contributed by atoms with Crippen LogP contribution in [0.2, 0.25) is 0 Å². The molecule has 2 heterocycles. The lowest BCUT2D eigenvalue weighted by Gasteiger charge is -2.38. The minimum absolute atomic E-state index is 0.189. The molecule has 0 N–H and O–H groups in total. The summed E-state index contributed by atoms with van der Waals surface area (Å²) >= 11 is 7.13. The van der Waals surface area contributed by atoms with Gasteiger partial charge in [-0.3, -0.25) is 0 Å². The summed E-state index contributed by atoms with van der Waals surface area (Å²) in [5.41, 5.74) is 3.80. The smallest absolute Gasteiger partial charge is 0.146 e. The average molecular weight is 270 g/mol. The summed E-state index contributed by atoms with van der Waals surface area (Å²) in [6.07, 6.45) is 6.26. The van der Waals surface area contributed by atoms with Crippen molar-refractivity contribution >= 4 is 40.4 Å². The van der Waals surface area contributed by atoms with Crippen molar-refractivity contribution in [1.82, 2.24) is 4.90 Å². The van der Waals surface area contributed by atoms with Gasteiger partial charge in [0.2, 0.25) is 0 Å². The molecule has 0 radical (unpaired) electrons. The summed E-state index contributed by atoms with van der Waals surface area (Å²) in [5, 5.41) is 0. The lowest BCUT2D eigenvalue weighted by atomic mass is 9.84. The van der Waals surface area contributed by atoms with E-state index in [4.69, 9.17) is 12.2 Å². The highest BCUT2D eigenvalue weighted by atomic mass is 32.2. The maximum atomic E-state index is 5.52. The Bertz CT molecular complexity index is 643. The number of fused-ring (bicyclic) bond motifs is 6. The van der Waals surface area contributed by atoms with Crippen molar-refractivity contribution in [3.05, 3.63) is 53.6 Å². The Morgan fingerprint density at radius 3 is 3.00 bits per heavy atom. The van der Waals surface area contributed by atoms with Crippen molar-refractivity contribution in [2.45, 2.75) is 6.04 Å². The zero-order chi connectivity index (χ0) is 12.1. The van der Waals surface area contributed by atoms with Crippen molar-refractivity contribution in [2.75, 3.05) is 5.88 Å². The minimum Gasteiger partial charge on any atom is -0.332 e. The standard InChI is InChI=1S/C14H10N2S2/c17-12-7-3-6-10-9-4-1-2-5-11(9)14-15-18-8-16(14)13(10)12/h1-7,13H,8H2. The molecule has 0 amide bonds. The molecule has 0 bridgehead atoms. The molecular weight excluding hydrogens is 260 g/mol. The molecular formula is C14H10N2S2. The molecule has 2 aliphatic heterocycles. The number of allylic oxidation sites excluding steroid dienone is 2. The van der Waals surface area contributed by atoms with Gasteiger partial charge < -0.3 is 4.90 Å². The van der Waals surface area contributed by atoms with Gasteiger partial charge in [0.15, 0.2) is 0 Å². The van der Waals surface area contributed by atoms with Crippen LogP contribution in [0, 0.1) is 0 Å². The Morgan fingerprint density at radius 2 is 2.11 bits per heavy atom. The summed E-state index contributed by atoms with van der Waals surface area (Å²) in [7, 11) is 0. The average Bonchev–Trinajstić information content (AvgIpc) is 2.88. The van der Waals surface area contributed by atoms with Crippen LogP contribution in [0.3, 0.4) is 0 Å². The van der Waals surface area contributed by atoms with Crippen LogP contribution in [0.1, 0.15) is 11.1 Å². The third-order valence-corrected chi connectivity index (χ3v) is 4.57. The van der Waals surface area contributed by atoms with Gasteiger partial charge >= 0.3 is 0 Å². The Morgan fingerprint density at radius 1 is 1.28 bits per heavy atom. The molecule has 0 saturated heterocycles. The molecule has 4 heteroatoms. The molecule has 0 fully saturated rings. The third-order valence-electron chi connectivity index (χ3n) is 3.51. The highest BCUT2D eigenvalue weighted by molar-refractivity contribution is 7.98. The van der Waals surface area contributed by atoms with Crippen LogP contribution in [0.4, 0.5) is 0 Å². The van der Waals surface area contributed by atoms with Crippen LogP contribution >= 0.6 is 24.2 Å². The van der Waals surface area contributed by atoms with Crippen molar-refractivity contribution < 1.29 is 0 Å². The summed E-state index contributed by atoms with van der Waals surface area (Å²) in [6.45, 7) is 0. The van der Waals surface area contributed by atoms with Gasteiger partial charge in [-0.2, -0.15) is 4.40 Å². The highest BCUT2D eigenvalue weighted by Crippen LogP contribution is 2.39. The van der Waals surface area contributed by atoms with Crippen LogP contribution in [0.15, 0.2) is 46.9 Å². The number of amidine groups is 1. The molecule has 1 unspecified atom stereocenters. The van der Waals surface area contributed by atoms with E-state index in [9.17, 15) is 0 Å². The Labute approximate surface area is 115 Å². The first kappa shape index (κ1) is 10.5. The van der Waals surface area contributed by atoms with Crippen LogP contribution in [0.25, 0.3) is 5.57 Å². The number of nitrogens with zero attached hydrogens (tertiary/aromatic N) is 2. The van der Waals surface area contributed by atoms with E-state index in [1.165, 1.54) is 16.7 Å². The first-order chi connectivity index (χ1) is 8.86. The highest BCUT2D eigenvalue weighted by Gasteiger charge is 2.38. The van der Waals surface area contributed by atoms with E-state index in [-0.39, 0.29) is 6.04 Å². The van der Waals surface area contributed by atoms with Gasteiger partial charge in [-0.1, -0.05) is 48.6 Å². The van der Waals surface area contributed by atoms with Crippen molar-refractivity contribution in [3.8, 4) is 0 Å². The molecule has 4 rings (SSSR count). The topological polar surface area (TPSA) is 15.6 Å². The normalized spacial score (nSPS) is 24.1. The summed E-state index contributed by atoms with van der Waals surface area (Å²) < 4.78 is 4.57. The molecule has 0 spiro atoms. The minimum atomic E-state index is 0.189. The van der Waals surface area contributed by atoms with Crippen LogP contribution in [-0.2, 0) is 0 Å². The SMILES string of the molecule is S=C1C=CC=C2c3ccccc3C3=NSCN3C12. The van der Waals surface area contributed by atoms with Gasteiger partial charge in [-0.25, -0.2) is 0 Å². The fraction of sp³-hybridized carbons (Fsp3) is 0.143. The molecule has 1 atom stereocenters. The van der Waals surface area contributed by atoms with Gasteiger partial charge in [0.05, 0.1) is 11.9 Å². The zero-order valence-electron chi connectivity index (χ0n) is 9.54. The maximum Gasteiger partial charge on any atom is 0.146 e. The van der Waals surface area contributed by atoms with Crippen LogP contribution in [0.5, 0.6) is 0 Å². The maximum absolute atomic E-state index is 5.52. The second-order valence-corrected chi connectivity index (χ2v) is 5.64. The molecule has 0 saturated carbocycles. The molecule has 0 aromatic heterocycles. The number of rotatable bonds is 0. The van der Waals surface area contributed by atoms with Gasteiger partial charge in [0, 0.05) is 10.4 Å². The first-order valence-electron chi connectivity index (χ1n) is 5.85. The van der Waals surface area contributed by atoms with E-state index in [0.29, 0.717) is 0 Å². The zero-order valence-corrected chi connectivity index (χ0v) is 11.2. The molecule has 18 heavy (non-hydrogen) atoms. The number of thiocarbonyl (C=S) groups is 1. The largest absolute Gasteiger partial charge is 0.332 e. The van der Waals surface area contributed by atoms with Gasteiger partial charge in [0.25, 0.3) is 0 Å². The molecule has 1 aromatic carbocycles. The van der Waals surface area contributed by atoms with Gasteiger partial charge in [-0.05, 0) is 29.2 Å². The molecule has 88 valence electrons. The predicted octanol–water partition coefficient (Wildman–Crippen LogP) is 3.06. The summed E-state index contributed by atoms with van der Waals surface area (Å²) in [4.78, 5) is 3.29. The van der Waals surface area contributed by atoms with E-state index >= 15 is 0 Å². The van der Waals surface area contributed by atoms with Gasteiger partial charge in [-0.15, -0.1) is 0 Å². The number of benzene rings is 1. The van der Waals surface area contributed by atoms with E-state index in [2.05, 4.69) is 45.7 Å². The van der Waals surface area contributed by atoms with E-state index in [1.807, 2.05) is 6.08 Å². The van der Waals surface area contributed by atoms with Gasteiger partial charge in [0.1, 0.15) is 5.84 Å². The number of hydrogen-bond acceptors (Lipinski definition) is 4. The Balaban J connectivity index is 2.02. The second-order valence-electron chi connectivity index (χ2n) is 4.47. The van der Waals surface area contributed by atoms with Crippen molar-refractivity contribution in [2.24, 2.45) is 4.40 Å². The van der Waals surface area contributed by atoms with Crippen LogP contribution in [-0.4, -0.2) is 27.5 Å². The van der Waals surface area contributed by atoms with Crippen LogP contribution < -0.4 is 0 Å². The second kappa shape index (κ2) is 3.80. The lowest BCUT2D eigenvalue weighted by Crippen LogP contribution is -2.47. The monoisotopic (exact) mass is 270 g/mol. The number of hydrogen-bond donors (Lipinski definition) is 0. The lowest BCUT2D eigenvalue weighted by molar-refractivity contribution is 0.504. The fourth-order valence-corrected chi connectivity index (χ4v) is 3.85. The quantitative estimate of drug-likeness (QED) is 0.532. The third kappa shape index (κ3) is 1.30. The Hall–Kier alpha value is -1.39. The summed E-state index contributed by atoms with van der Waals surface area (Å²) in [6, 6.07) is 8.65.